The van der Waals surface area contributed by atoms with E-state index in [9.17, 15) is 18.0 Å². The smallest absolute Gasteiger partial charge is 0.253 e. The lowest BCUT2D eigenvalue weighted by Crippen LogP contribution is -2.38. The number of carbonyl (C=O) groups is 2. The molecule has 7 nitrogen and oxygen atoms in total. The molecule has 0 bridgehead atoms. The summed E-state index contributed by atoms with van der Waals surface area (Å²) in [7, 11) is -3.73. The Morgan fingerprint density at radius 1 is 0.906 bits per heavy atom. The zero-order valence-corrected chi connectivity index (χ0v) is 19.7. The molecule has 0 heterocycles. The van der Waals surface area contributed by atoms with E-state index in [0.29, 0.717) is 22.4 Å². The molecule has 0 fully saturated rings. The number of hydrogen-bond donors (Lipinski definition) is 2. The van der Waals surface area contributed by atoms with Crippen LogP contribution in [0.5, 0.6) is 0 Å². The molecule has 9 heteroatoms. The fraction of sp³-hybridized carbons (Fsp3) is 0.130. The summed E-state index contributed by atoms with van der Waals surface area (Å²) in [5.41, 5.74) is 1.87. The van der Waals surface area contributed by atoms with Crippen molar-refractivity contribution in [1.29, 1.82) is 0 Å². The van der Waals surface area contributed by atoms with Gasteiger partial charge in [0, 0.05) is 11.0 Å². The van der Waals surface area contributed by atoms with Gasteiger partial charge in [-0.05, 0) is 45.8 Å². The molecule has 3 aromatic rings. The number of benzene rings is 3. The first-order valence-electron chi connectivity index (χ1n) is 9.69. The van der Waals surface area contributed by atoms with Crippen LogP contribution in [0.15, 0.2) is 83.3 Å². The molecule has 2 N–H and O–H groups in total. The van der Waals surface area contributed by atoms with Crippen LogP contribution in [0, 0.1) is 0 Å². The van der Waals surface area contributed by atoms with E-state index < -0.39 is 22.5 Å². The summed E-state index contributed by atoms with van der Waals surface area (Å²) in [6, 6.07) is 22.7. The summed E-state index contributed by atoms with van der Waals surface area (Å²) < 4.78 is 26.2. The Kier molecular flexibility index (Phi) is 7.66. The summed E-state index contributed by atoms with van der Waals surface area (Å²) in [5.74, 6) is -0.926. The maximum Gasteiger partial charge on any atom is 0.253 e. The number of nitrogens with zero attached hydrogens (tertiary/aromatic N) is 1. The molecule has 0 radical (unpaired) electrons. The maximum atomic E-state index is 12.7. The van der Waals surface area contributed by atoms with Gasteiger partial charge in [-0.15, -0.1) is 0 Å². The topological polar surface area (TPSA) is 95.6 Å². The largest absolute Gasteiger partial charge is 0.348 e. The molecule has 166 valence electrons. The van der Waals surface area contributed by atoms with Crippen molar-refractivity contribution in [1.82, 2.24) is 5.32 Å². The zero-order valence-electron chi connectivity index (χ0n) is 17.3. The highest BCUT2D eigenvalue weighted by Gasteiger charge is 2.23. The highest BCUT2D eigenvalue weighted by molar-refractivity contribution is 9.10. The summed E-state index contributed by atoms with van der Waals surface area (Å²) in [5, 5.41) is 5.48. The third-order valence-corrected chi connectivity index (χ3v) is 6.35. The van der Waals surface area contributed by atoms with Gasteiger partial charge in [0.2, 0.25) is 15.9 Å². The van der Waals surface area contributed by atoms with Crippen LogP contribution in [0.4, 0.5) is 11.4 Å². The van der Waals surface area contributed by atoms with E-state index in [1.165, 1.54) is 0 Å². The van der Waals surface area contributed by atoms with Crippen molar-refractivity contribution >= 4 is 49.1 Å². The van der Waals surface area contributed by atoms with Crippen molar-refractivity contribution in [3.8, 4) is 0 Å². The lowest BCUT2D eigenvalue weighted by molar-refractivity contribution is -0.114. The van der Waals surface area contributed by atoms with Crippen molar-refractivity contribution in [3.63, 3.8) is 0 Å². The fourth-order valence-electron chi connectivity index (χ4n) is 3.02. The third-order valence-electron chi connectivity index (χ3n) is 4.55. The van der Waals surface area contributed by atoms with Crippen LogP contribution in [0.1, 0.15) is 15.9 Å². The van der Waals surface area contributed by atoms with E-state index in [0.717, 1.165) is 16.1 Å². The Morgan fingerprint density at radius 3 is 2.22 bits per heavy atom. The van der Waals surface area contributed by atoms with Gasteiger partial charge in [-0.25, -0.2) is 8.42 Å². The molecule has 2 amide bonds. The number of halogens is 1. The molecule has 32 heavy (non-hydrogen) atoms. The van der Waals surface area contributed by atoms with Crippen molar-refractivity contribution in [2.24, 2.45) is 0 Å². The molecule has 3 rings (SSSR count). The van der Waals surface area contributed by atoms with Crippen LogP contribution in [0.3, 0.4) is 0 Å². The molecular weight excluding hydrogens is 494 g/mol. The van der Waals surface area contributed by atoms with E-state index >= 15 is 0 Å². The molecule has 0 aliphatic heterocycles. The number of rotatable bonds is 8. The predicted octanol–water partition coefficient (Wildman–Crippen LogP) is 3.78. The van der Waals surface area contributed by atoms with Gasteiger partial charge < -0.3 is 10.6 Å². The summed E-state index contributed by atoms with van der Waals surface area (Å²) in [6.45, 7) is -0.104. The highest BCUT2D eigenvalue weighted by atomic mass is 79.9. The van der Waals surface area contributed by atoms with E-state index in [1.807, 2.05) is 30.3 Å². The van der Waals surface area contributed by atoms with Gasteiger partial charge in [-0.2, -0.15) is 0 Å². The SMILES string of the molecule is CS(=O)(=O)N(CC(=O)Nc1ccccc1C(=O)NCc1ccccc1)c1ccccc1Br. The molecule has 0 aliphatic carbocycles. The van der Waals surface area contributed by atoms with Crippen LogP contribution in [0.25, 0.3) is 0 Å². The molecule has 0 aromatic heterocycles. The predicted molar refractivity (Wildman–Crippen MR) is 129 cm³/mol. The van der Waals surface area contributed by atoms with Gasteiger partial charge in [0.05, 0.1) is 23.2 Å². The van der Waals surface area contributed by atoms with E-state index in [-0.39, 0.29) is 11.5 Å². The minimum atomic E-state index is -3.73. The molecule has 3 aromatic carbocycles. The Labute approximate surface area is 195 Å². The van der Waals surface area contributed by atoms with Crippen LogP contribution in [-0.4, -0.2) is 33.0 Å². The summed E-state index contributed by atoms with van der Waals surface area (Å²) in [4.78, 5) is 25.4. The zero-order chi connectivity index (χ0) is 23.1. The first-order chi connectivity index (χ1) is 15.3. The maximum absolute atomic E-state index is 12.7. The Morgan fingerprint density at radius 2 is 1.53 bits per heavy atom. The normalized spacial score (nSPS) is 10.9. The second kappa shape index (κ2) is 10.4. The second-order valence-electron chi connectivity index (χ2n) is 6.98. The van der Waals surface area contributed by atoms with Gasteiger partial charge in [-0.3, -0.25) is 13.9 Å². The Balaban J connectivity index is 1.75. The molecule has 0 atom stereocenters. The molecule has 0 aliphatic rings. The van der Waals surface area contributed by atoms with E-state index in [2.05, 4.69) is 26.6 Å². The number of anilines is 2. The summed E-state index contributed by atoms with van der Waals surface area (Å²) in [6.07, 6.45) is 1.03. The number of nitrogens with one attached hydrogen (secondary N) is 2. The Hall–Kier alpha value is -3.17. The number of amides is 2. The molecular formula is C23H22BrN3O4S. The minimum absolute atomic E-state index is 0.281. The van der Waals surface area contributed by atoms with E-state index in [4.69, 9.17) is 0 Å². The average Bonchev–Trinajstić information content (AvgIpc) is 2.77. The first kappa shape index (κ1) is 23.5. The van der Waals surface area contributed by atoms with Crippen molar-refractivity contribution in [3.05, 3.63) is 94.5 Å². The number of sulfonamides is 1. The number of para-hydroxylation sites is 2. The Bertz CT molecular complexity index is 1220. The fourth-order valence-corrected chi connectivity index (χ4v) is 4.50. The van der Waals surface area contributed by atoms with Gasteiger partial charge in [0.1, 0.15) is 6.54 Å². The van der Waals surface area contributed by atoms with Crippen molar-refractivity contribution < 1.29 is 18.0 Å². The van der Waals surface area contributed by atoms with Crippen LogP contribution in [0.2, 0.25) is 0 Å². The lowest BCUT2D eigenvalue weighted by atomic mass is 10.1. The van der Waals surface area contributed by atoms with Crippen molar-refractivity contribution in [2.45, 2.75) is 6.54 Å². The molecule has 0 unspecified atom stereocenters. The molecule has 0 saturated carbocycles. The standard InChI is InChI=1S/C23H22BrN3O4S/c1-32(30,31)27(21-14-8-6-12-19(21)24)16-22(28)26-20-13-7-5-11-18(20)23(29)25-15-17-9-3-2-4-10-17/h2-14H,15-16H2,1H3,(H,25,29)(H,26,28). The first-order valence-corrected chi connectivity index (χ1v) is 12.3. The third kappa shape index (κ3) is 6.18. The summed E-state index contributed by atoms with van der Waals surface area (Å²) >= 11 is 3.32. The minimum Gasteiger partial charge on any atom is -0.348 e. The number of hydrogen-bond acceptors (Lipinski definition) is 4. The number of carbonyl (C=O) groups excluding carboxylic acids is 2. The van der Waals surface area contributed by atoms with Crippen molar-refractivity contribution in [2.75, 3.05) is 22.4 Å². The van der Waals surface area contributed by atoms with Gasteiger partial charge in [0.25, 0.3) is 5.91 Å². The second-order valence-corrected chi connectivity index (χ2v) is 9.74. The quantitative estimate of drug-likeness (QED) is 0.477. The molecule has 0 saturated heterocycles. The lowest BCUT2D eigenvalue weighted by Gasteiger charge is -2.23. The van der Waals surface area contributed by atoms with Gasteiger partial charge in [-0.1, -0.05) is 54.6 Å². The van der Waals surface area contributed by atoms with Crippen LogP contribution >= 0.6 is 15.9 Å². The van der Waals surface area contributed by atoms with Gasteiger partial charge in [0.15, 0.2) is 0 Å². The van der Waals surface area contributed by atoms with Crippen LogP contribution < -0.4 is 14.9 Å². The molecule has 0 spiro atoms. The van der Waals surface area contributed by atoms with E-state index in [1.54, 1.807) is 48.5 Å². The highest BCUT2D eigenvalue weighted by Crippen LogP contribution is 2.27. The monoisotopic (exact) mass is 515 g/mol. The van der Waals surface area contributed by atoms with Crippen LogP contribution in [-0.2, 0) is 21.4 Å². The average molecular weight is 516 g/mol. The van der Waals surface area contributed by atoms with Gasteiger partial charge >= 0.3 is 0 Å².